The van der Waals surface area contributed by atoms with Crippen molar-refractivity contribution in [1.29, 1.82) is 0 Å². The number of amides is 1. The molecule has 0 fully saturated rings. The molecule has 2 aromatic carbocycles. The van der Waals surface area contributed by atoms with Crippen LogP contribution in [-0.4, -0.2) is 46.3 Å². The van der Waals surface area contributed by atoms with Gasteiger partial charge in [-0.05, 0) is 36.2 Å². The van der Waals surface area contributed by atoms with Crippen LogP contribution in [0.1, 0.15) is 13.3 Å². The number of methoxy groups -OCH3 is 4. The summed E-state index contributed by atoms with van der Waals surface area (Å²) < 4.78 is 32.1. The first kappa shape index (κ1) is 22.8. The minimum Gasteiger partial charge on any atom is -0.495 e. The molecule has 0 aliphatic carbocycles. The van der Waals surface area contributed by atoms with E-state index in [1.807, 2.05) is 13.0 Å². The molecule has 0 atom stereocenters. The van der Waals surface area contributed by atoms with E-state index in [9.17, 15) is 4.79 Å². The molecular formula is C23H26N2O7. The van der Waals surface area contributed by atoms with Crippen LogP contribution in [0, 0.1) is 0 Å². The summed E-state index contributed by atoms with van der Waals surface area (Å²) in [5.41, 5.74) is 3.18. The molecule has 0 saturated carbocycles. The first-order valence-electron chi connectivity index (χ1n) is 9.93. The van der Waals surface area contributed by atoms with Crippen molar-refractivity contribution in [1.82, 2.24) is 5.16 Å². The Balaban J connectivity index is 2.03. The lowest BCUT2D eigenvalue weighted by Crippen LogP contribution is -2.14. The molecule has 0 bridgehead atoms. The SMILES string of the molecule is CCCOC(=O)Nc1cc(-c2conc2-c2cc(OC)c(OC)c(OC)c2)ccc1OC. The van der Waals surface area contributed by atoms with Crippen molar-refractivity contribution < 1.29 is 33.0 Å². The molecular weight excluding hydrogens is 416 g/mol. The Morgan fingerprint density at radius 2 is 1.62 bits per heavy atom. The third-order valence-corrected chi connectivity index (χ3v) is 4.69. The highest BCUT2D eigenvalue weighted by molar-refractivity contribution is 5.90. The molecule has 32 heavy (non-hydrogen) atoms. The maximum atomic E-state index is 12.1. The number of rotatable bonds is 9. The molecule has 1 aromatic heterocycles. The van der Waals surface area contributed by atoms with Crippen LogP contribution in [0.2, 0.25) is 0 Å². The highest BCUT2D eigenvalue weighted by atomic mass is 16.5. The Bertz CT molecular complexity index is 1050. The Kier molecular flexibility index (Phi) is 7.43. The van der Waals surface area contributed by atoms with E-state index >= 15 is 0 Å². The second-order valence-electron chi connectivity index (χ2n) is 6.67. The summed E-state index contributed by atoms with van der Waals surface area (Å²) in [5, 5.41) is 6.89. The van der Waals surface area contributed by atoms with Crippen molar-refractivity contribution in [2.75, 3.05) is 40.4 Å². The van der Waals surface area contributed by atoms with Crippen molar-refractivity contribution in [3.8, 4) is 45.4 Å². The van der Waals surface area contributed by atoms with Gasteiger partial charge in [0.15, 0.2) is 11.5 Å². The molecule has 1 N–H and O–H groups in total. The molecule has 0 saturated heterocycles. The number of aromatic nitrogens is 1. The molecule has 0 unspecified atom stereocenters. The van der Waals surface area contributed by atoms with Crippen LogP contribution in [0.5, 0.6) is 23.0 Å². The van der Waals surface area contributed by atoms with Crippen LogP contribution >= 0.6 is 0 Å². The van der Waals surface area contributed by atoms with Gasteiger partial charge in [0.1, 0.15) is 17.7 Å². The minimum atomic E-state index is -0.558. The molecule has 0 aliphatic heterocycles. The van der Waals surface area contributed by atoms with Gasteiger partial charge in [0.05, 0.1) is 40.7 Å². The molecule has 1 heterocycles. The fraction of sp³-hybridized carbons (Fsp3) is 0.304. The summed E-state index contributed by atoms with van der Waals surface area (Å²) in [5.74, 6) is 1.96. The third kappa shape index (κ3) is 4.72. The predicted molar refractivity (Wildman–Crippen MR) is 119 cm³/mol. The topological polar surface area (TPSA) is 101 Å². The zero-order valence-electron chi connectivity index (χ0n) is 18.7. The Morgan fingerprint density at radius 1 is 0.938 bits per heavy atom. The largest absolute Gasteiger partial charge is 0.495 e. The molecule has 9 heteroatoms. The lowest BCUT2D eigenvalue weighted by Gasteiger charge is -2.14. The minimum absolute atomic E-state index is 0.324. The molecule has 9 nitrogen and oxygen atoms in total. The van der Waals surface area contributed by atoms with E-state index in [2.05, 4.69) is 10.5 Å². The third-order valence-electron chi connectivity index (χ3n) is 4.69. The summed E-state index contributed by atoms with van der Waals surface area (Å²) in [4.78, 5) is 12.1. The van der Waals surface area contributed by atoms with Gasteiger partial charge in [-0.15, -0.1) is 0 Å². The first-order valence-corrected chi connectivity index (χ1v) is 9.93. The number of anilines is 1. The van der Waals surface area contributed by atoms with Gasteiger partial charge in [-0.25, -0.2) is 4.79 Å². The van der Waals surface area contributed by atoms with Crippen LogP contribution in [0.15, 0.2) is 41.1 Å². The molecule has 0 spiro atoms. The second-order valence-corrected chi connectivity index (χ2v) is 6.67. The first-order chi connectivity index (χ1) is 15.6. The fourth-order valence-electron chi connectivity index (χ4n) is 3.18. The van der Waals surface area contributed by atoms with E-state index < -0.39 is 6.09 Å². The van der Waals surface area contributed by atoms with E-state index in [1.54, 1.807) is 45.6 Å². The zero-order valence-corrected chi connectivity index (χ0v) is 18.7. The second kappa shape index (κ2) is 10.4. The molecule has 0 aliphatic rings. The molecule has 170 valence electrons. The zero-order chi connectivity index (χ0) is 23.1. The predicted octanol–water partition coefficient (Wildman–Crippen LogP) is 5.00. The van der Waals surface area contributed by atoms with Gasteiger partial charge in [-0.2, -0.15) is 0 Å². The Morgan fingerprint density at radius 3 is 2.22 bits per heavy atom. The van der Waals surface area contributed by atoms with Crippen LogP contribution in [-0.2, 0) is 4.74 Å². The average Bonchev–Trinajstić information content (AvgIpc) is 3.31. The fourth-order valence-corrected chi connectivity index (χ4v) is 3.18. The van der Waals surface area contributed by atoms with Gasteiger partial charge in [0, 0.05) is 11.1 Å². The van der Waals surface area contributed by atoms with Crippen LogP contribution in [0.25, 0.3) is 22.4 Å². The van der Waals surface area contributed by atoms with Crippen LogP contribution in [0.3, 0.4) is 0 Å². The number of carbonyl (C=O) groups is 1. The van der Waals surface area contributed by atoms with E-state index in [0.29, 0.717) is 52.1 Å². The normalized spacial score (nSPS) is 10.4. The van der Waals surface area contributed by atoms with Gasteiger partial charge in [0.25, 0.3) is 0 Å². The lowest BCUT2D eigenvalue weighted by atomic mass is 10.0. The lowest BCUT2D eigenvalue weighted by molar-refractivity contribution is 0.161. The van der Waals surface area contributed by atoms with Gasteiger partial charge >= 0.3 is 6.09 Å². The van der Waals surface area contributed by atoms with Crippen LogP contribution < -0.4 is 24.3 Å². The van der Waals surface area contributed by atoms with Crippen LogP contribution in [0.4, 0.5) is 10.5 Å². The maximum Gasteiger partial charge on any atom is 0.411 e. The number of nitrogens with zero attached hydrogens (tertiary/aromatic N) is 1. The van der Waals surface area contributed by atoms with Crippen molar-refractivity contribution >= 4 is 11.8 Å². The number of nitrogens with one attached hydrogen (secondary N) is 1. The summed E-state index contributed by atoms with van der Waals surface area (Å²) >= 11 is 0. The number of hydrogen-bond donors (Lipinski definition) is 1. The van der Waals surface area contributed by atoms with E-state index in [4.69, 9.17) is 28.2 Å². The van der Waals surface area contributed by atoms with E-state index in [-0.39, 0.29) is 0 Å². The number of hydrogen-bond acceptors (Lipinski definition) is 8. The van der Waals surface area contributed by atoms with Crippen molar-refractivity contribution in [3.63, 3.8) is 0 Å². The standard InChI is InChI=1S/C23H26N2O7/c1-6-9-31-23(26)24-17-10-14(7-8-18(17)27-2)16-13-32-25-21(16)15-11-19(28-3)22(30-5)20(12-15)29-4/h7-8,10-13H,6,9H2,1-5H3,(H,24,26). The summed E-state index contributed by atoms with van der Waals surface area (Å²) in [7, 11) is 6.16. The van der Waals surface area contributed by atoms with E-state index in [0.717, 1.165) is 12.0 Å². The summed E-state index contributed by atoms with van der Waals surface area (Å²) in [6.45, 7) is 2.25. The highest BCUT2D eigenvalue weighted by Crippen LogP contribution is 2.43. The molecule has 3 aromatic rings. The van der Waals surface area contributed by atoms with E-state index in [1.165, 1.54) is 13.4 Å². The van der Waals surface area contributed by atoms with Crippen molar-refractivity contribution in [2.24, 2.45) is 0 Å². The smallest absolute Gasteiger partial charge is 0.411 e. The molecule has 3 rings (SSSR count). The summed E-state index contributed by atoms with van der Waals surface area (Å²) in [6, 6.07) is 8.92. The Labute approximate surface area is 186 Å². The average molecular weight is 442 g/mol. The van der Waals surface area contributed by atoms with Crippen molar-refractivity contribution in [3.05, 3.63) is 36.6 Å². The maximum absolute atomic E-state index is 12.1. The molecule has 0 radical (unpaired) electrons. The highest BCUT2D eigenvalue weighted by Gasteiger charge is 2.20. The molecule has 1 amide bonds. The van der Waals surface area contributed by atoms with Gasteiger partial charge < -0.3 is 28.2 Å². The quantitative estimate of drug-likeness (QED) is 0.494. The number of benzene rings is 2. The van der Waals surface area contributed by atoms with Gasteiger partial charge in [0.2, 0.25) is 5.75 Å². The van der Waals surface area contributed by atoms with Gasteiger partial charge in [-0.1, -0.05) is 18.1 Å². The van der Waals surface area contributed by atoms with Crippen molar-refractivity contribution in [2.45, 2.75) is 13.3 Å². The van der Waals surface area contributed by atoms with Gasteiger partial charge in [-0.3, -0.25) is 5.32 Å². The number of ether oxygens (including phenoxy) is 5. The monoisotopic (exact) mass is 442 g/mol. The number of carbonyl (C=O) groups excluding carboxylic acids is 1. The summed E-state index contributed by atoms with van der Waals surface area (Å²) in [6.07, 6.45) is 1.70. The Hall–Kier alpha value is -3.88.